The number of hydrogen-bond acceptors (Lipinski definition) is 7. The number of amides is 1. The van der Waals surface area contributed by atoms with Gasteiger partial charge in [-0.2, -0.15) is 0 Å². The number of rotatable bonds is 3. The molecule has 2 N–H and O–H groups in total. The summed E-state index contributed by atoms with van der Waals surface area (Å²) in [4.78, 5) is 34.7. The van der Waals surface area contributed by atoms with Crippen LogP contribution in [0.25, 0.3) is 0 Å². The van der Waals surface area contributed by atoms with Gasteiger partial charge in [0.25, 0.3) is 5.91 Å². The van der Waals surface area contributed by atoms with Crippen LogP contribution in [0.1, 0.15) is 6.92 Å². The van der Waals surface area contributed by atoms with Crippen molar-refractivity contribution in [3.8, 4) is 0 Å². The van der Waals surface area contributed by atoms with Gasteiger partial charge in [-0.1, -0.05) is 5.16 Å². The number of fused-ring (bicyclic) bond motifs is 1. The number of thioether (sulfide) groups is 1. The minimum absolute atomic E-state index is 0.0738. The first-order chi connectivity index (χ1) is 8.97. The molecule has 0 aromatic carbocycles. The topological polar surface area (TPSA) is 116 Å². The van der Waals surface area contributed by atoms with Crippen LogP contribution in [-0.4, -0.2) is 56.5 Å². The summed E-state index contributed by atoms with van der Waals surface area (Å²) in [5, 5.41) is 20.1. The molecule has 2 rings (SSSR count). The first kappa shape index (κ1) is 13.4. The van der Waals surface area contributed by atoms with E-state index in [2.05, 4.69) is 5.16 Å². The van der Waals surface area contributed by atoms with Crippen LogP contribution in [0.2, 0.25) is 0 Å². The molecular weight excluding hydrogens is 276 g/mol. The van der Waals surface area contributed by atoms with Gasteiger partial charge < -0.3 is 15.1 Å². The second kappa shape index (κ2) is 4.92. The van der Waals surface area contributed by atoms with E-state index in [1.807, 2.05) is 0 Å². The molecule has 0 aromatic rings. The maximum Gasteiger partial charge on any atom is 0.352 e. The lowest BCUT2D eigenvalue weighted by molar-refractivity contribution is -0.141. The highest BCUT2D eigenvalue weighted by atomic mass is 32.2. The zero-order valence-corrected chi connectivity index (χ0v) is 10.6. The number of hydrogen-bond donors (Lipinski definition) is 2. The smallest absolute Gasteiger partial charge is 0.352 e. The average Bonchev–Trinajstić information content (AvgIpc) is 2.35. The summed E-state index contributed by atoms with van der Waals surface area (Å²) >= 11 is 1.23. The Kier molecular flexibility index (Phi) is 3.47. The van der Waals surface area contributed by atoms with Crippen molar-refractivity contribution >= 4 is 35.3 Å². The molecule has 0 aromatic heterocycles. The molecule has 0 bridgehead atoms. The van der Waals surface area contributed by atoms with Crippen LogP contribution in [0.15, 0.2) is 16.4 Å². The van der Waals surface area contributed by atoms with Gasteiger partial charge in [-0.3, -0.25) is 14.5 Å². The van der Waals surface area contributed by atoms with Crippen LogP contribution >= 0.6 is 11.8 Å². The number of esters is 1. The Labute approximate surface area is 111 Å². The third-order valence-corrected chi connectivity index (χ3v) is 3.92. The molecule has 19 heavy (non-hydrogen) atoms. The van der Waals surface area contributed by atoms with Gasteiger partial charge in [0.2, 0.25) is 0 Å². The lowest BCUT2D eigenvalue weighted by atomic mass is 10.1. The maximum absolute atomic E-state index is 11.6. The summed E-state index contributed by atoms with van der Waals surface area (Å²) in [7, 11) is 0. The van der Waals surface area contributed by atoms with Crippen LogP contribution in [0.3, 0.4) is 0 Å². The Morgan fingerprint density at radius 2 is 2.26 bits per heavy atom. The van der Waals surface area contributed by atoms with E-state index in [0.717, 1.165) is 4.90 Å². The van der Waals surface area contributed by atoms with Crippen molar-refractivity contribution in [3.05, 3.63) is 11.3 Å². The number of ether oxygens (including phenoxy) is 1. The van der Waals surface area contributed by atoms with Gasteiger partial charge >= 0.3 is 11.9 Å². The molecule has 0 radical (unpaired) electrons. The summed E-state index contributed by atoms with van der Waals surface area (Å²) in [6.45, 7) is 1.04. The molecule has 0 saturated carbocycles. The van der Waals surface area contributed by atoms with Gasteiger partial charge in [-0.25, -0.2) is 4.79 Å². The number of carboxylic acid groups (broad SMARTS) is 1. The molecule has 1 atom stereocenters. The fraction of sp³-hybridized carbons (Fsp3) is 0.400. The summed E-state index contributed by atoms with van der Waals surface area (Å²) < 4.78 is 4.77. The van der Waals surface area contributed by atoms with Crippen LogP contribution in [0.4, 0.5) is 0 Å². The van der Waals surface area contributed by atoms with E-state index < -0.39 is 23.2 Å². The Bertz CT molecular complexity index is 526. The summed E-state index contributed by atoms with van der Waals surface area (Å²) in [5.41, 5.74) is 0.0620. The molecule has 2 heterocycles. The zero-order chi connectivity index (χ0) is 14.2. The SMILES string of the molecule is CC(=O)OCC1=C(C(=O)O)N2C(=O)/C(=N/O)[C@H]2SC1. The number of β-lactam (4-membered cyclic amide) rings is 1. The number of carboxylic acids is 1. The molecule has 0 unspecified atom stereocenters. The highest BCUT2D eigenvalue weighted by Gasteiger charge is 2.51. The molecule has 2 aliphatic heterocycles. The molecule has 102 valence electrons. The minimum Gasteiger partial charge on any atom is -0.477 e. The molecular formula is C10H10N2O6S. The molecule has 0 aliphatic carbocycles. The first-order valence-electron chi connectivity index (χ1n) is 5.23. The molecule has 1 amide bonds. The Hall–Kier alpha value is -2.03. The van der Waals surface area contributed by atoms with Crippen molar-refractivity contribution in [2.24, 2.45) is 5.16 Å². The van der Waals surface area contributed by atoms with E-state index in [-0.39, 0.29) is 23.8 Å². The average molecular weight is 286 g/mol. The van der Waals surface area contributed by atoms with Crippen LogP contribution in [0.5, 0.6) is 0 Å². The molecule has 8 nitrogen and oxygen atoms in total. The second-order valence-corrected chi connectivity index (χ2v) is 4.93. The van der Waals surface area contributed by atoms with Crippen molar-refractivity contribution in [3.63, 3.8) is 0 Å². The maximum atomic E-state index is 11.6. The monoisotopic (exact) mass is 286 g/mol. The van der Waals surface area contributed by atoms with Crippen molar-refractivity contribution in [2.75, 3.05) is 12.4 Å². The first-order valence-corrected chi connectivity index (χ1v) is 6.28. The summed E-state index contributed by atoms with van der Waals surface area (Å²) in [5.74, 6) is -2.19. The highest BCUT2D eigenvalue weighted by molar-refractivity contribution is 8.01. The van der Waals surface area contributed by atoms with Crippen LogP contribution in [-0.2, 0) is 19.1 Å². The van der Waals surface area contributed by atoms with Crippen molar-refractivity contribution < 1.29 is 29.4 Å². The zero-order valence-electron chi connectivity index (χ0n) is 9.82. The van der Waals surface area contributed by atoms with Gasteiger partial charge in [0.1, 0.15) is 17.7 Å². The predicted octanol–water partition coefficient (Wildman–Crippen LogP) is -0.366. The fourth-order valence-electron chi connectivity index (χ4n) is 1.83. The van der Waals surface area contributed by atoms with E-state index in [1.165, 1.54) is 18.7 Å². The van der Waals surface area contributed by atoms with Gasteiger partial charge in [-0.05, 0) is 0 Å². The normalized spacial score (nSPS) is 24.1. The number of oxime groups is 1. The van der Waals surface area contributed by atoms with Crippen molar-refractivity contribution in [1.82, 2.24) is 4.90 Å². The Balaban J connectivity index is 2.30. The van der Waals surface area contributed by atoms with E-state index in [1.54, 1.807) is 0 Å². The van der Waals surface area contributed by atoms with Gasteiger partial charge in [0.05, 0.1) is 0 Å². The number of aliphatic carboxylic acids is 1. The third kappa shape index (κ3) is 2.16. The van der Waals surface area contributed by atoms with Gasteiger partial charge in [0.15, 0.2) is 5.71 Å². The van der Waals surface area contributed by atoms with E-state index in [4.69, 9.17) is 15.1 Å². The standard InChI is InChI=1S/C10H10N2O6S/c1-4(13)18-2-5-3-19-9-6(11-17)8(14)12(9)7(5)10(15)16/h9,17H,2-3H2,1H3,(H,15,16)/b11-6-/t9-/m1/s1. The number of carbonyl (C=O) groups is 3. The molecule has 1 fully saturated rings. The second-order valence-electron chi connectivity index (χ2n) is 3.86. The van der Waals surface area contributed by atoms with Crippen LogP contribution < -0.4 is 0 Å². The van der Waals surface area contributed by atoms with E-state index >= 15 is 0 Å². The number of nitrogens with zero attached hydrogens (tertiary/aromatic N) is 2. The summed E-state index contributed by atoms with van der Waals surface area (Å²) in [6, 6.07) is 0. The lowest BCUT2D eigenvalue weighted by Crippen LogP contribution is -2.62. The van der Waals surface area contributed by atoms with Crippen molar-refractivity contribution in [1.29, 1.82) is 0 Å². The van der Waals surface area contributed by atoms with Crippen molar-refractivity contribution in [2.45, 2.75) is 12.3 Å². The molecule has 2 aliphatic rings. The largest absolute Gasteiger partial charge is 0.477 e. The van der Waals surface area contributed by atoms with Gasteiger partial charge in [0, 0.05) is 18.2 Å². The molecule has 1 saturated heterocycles. The predicted molar refractivity (Wildman–Crippen MR) is 63.6 cm³/mol. The third-order valence-electron chi connectivity index (χ3n) is 2.66. The van der Waals surface area contributed by atoms with E-state index in [9.17, 15) is 14.4 Å². The lowest BCUT2D eigenvalue weighted by Gasteiger charge is -2.43. The van der Waals surface area contributed by atoms with Gasteiger partial charge in [-0.15, -0.1) is 11.8 Å². The summed E-state index contributed by atoms with van der Waals surface area (Å²) in [6.07, 6.45) is 0. The van der Waals surface area contributed by atoms with Crippen LogP contribution in [0, 0.1) is 0 Å². The Morgan fingerprint density at radius 3 is 2.79 bits per heavy atom. The number of carbonyl (C=O) groups excluding carboxylic acids is 2. The Morgan fingerprint density at radius 1 is 1.58 bits per heavy atom. The highest BCUT2D eigenvalue weighted by Crippen LogP contribution is 2.38. The minimum atomic E-state index is -1.28. The molecule has 0 spiro atoms. The van der Waals surface area contributed by atoms with E-state index in [0.29, 0.717) is 5.57 Å². The quantitative estimate of drug-likeness (QED) is 0.315. The molecule has 9 heteroatoms. The fourth-order valence-corrected chi connectivity index (χ4v) is 3.06.